The molecular weight excluding hydrogens is 265 g/mol. The third-order valence-electron chi connectivity index (χ3n) is 2.06. The molecule has 0 aliphatic heterocycles. The molecule has 1 aromatic rings. The second kappa shape index (κ2) is 4.20. The zero-order chi connectivity index (χ0) is 9.14. The fraction of sp³-hybridized carbons (Fsp3) is 0.750. The van der Waals surface area contributed by atoms with E-state index in [1.54, 1.807) is 0 Å². The normalized spacial score (nSPS) is 13.3. The number of hydrogen-bond acceptors (Lipinski definition) is 2. The number of aromatic nitrogens is 3. The van der Waals surface area contributed by atoms with Gasteiger partial charge in [-0.15, -0.1) is 5.10 Å². The summed E-state index contributed by atoms with van der Waals surface area (Å²) in [5, 5.41) is 4.19. The highest BCUT2D eigenvalue weighted by molar-refractivity contribution is 14.1. The van der Waals surface area contributed by atoms with Gasteiger partial charge in [-0.1, -0.05) is 20.3 Å². The van der Waals surface area contributed by atoms with Crippen molar-refractivity contribution in [3.8, 4) is 0 Å². The molecule has 0 aromatic carbocycles. The molecule has 1 heterocycles. The first-order chi connectivity index (χ1) is 5.63. The van der Waals surface area contributed by atoms with Crippen LogP contribution in [0.3, 0.4) is 0 Å². The Hall–Kier alpha value is -0.130. The molecule has 0 aliphatic rings. The fourth-order valence-electron chi connectivity index (χ4n) is 1.02. The Morgan fingerprint density at radius 3 is 2.67 bits per heavy atom. The Morgan fingerprint density at radius 2 is 2.25 bits per heavy atom. The summed E-state index contributed by atoms with van der Waals surface area (Å²) in [7, 11) is 1.95. The van der Waals surface area contributed by atoms with Gasteiger partial charge in [0.05, 0.1) is 0 Å². The molecule has 1 aromatic heterocycles. The van der Waals surface area contributed by atoms with E-state index < -0.39 is 0 Å². The van der Waals surface area contributed by atoms with Crippen LogP contribution in [0.25, 0.3) is 0 Å². The minimum Gasteiger partial charge on any atom is -0.252 e. The molecule has 0 saturated carbocycles. The van der Waals surface area contributed by atoms with E-state index in [-0.39, 0.29) is 0 Å². The van der Waals surface area contributed by atoms with Crippen LogP contribution in [-0.4, -0.2) is 14.8 Å². The Balaban J connectivity index is 2.68. The van der Waals surface area contributed by atoms with Crippen LogP contribution in [-0.2, 0) is 13.5 Å². The molecule has 1 unspecified atom stereocenters. The molecule has 0 fully saturated rings. The van der Waals surface area contributed by atoms with Gasteiger partial charge >= 0.3 is 0 Å². The van der Waals surface area contributed by atoms with Gasteiger partial charge in [0.25, 0.3) is 0 Å². The summed E-state index contributed by atoms with van der Waals surface area (Å²) in [5.74, 6) is 1.79. The van der Waals surface area contributed by atoms with Crippen molar-refractivity contribution >= 4 is 22.6 Å². The fourth-order valence-corrected chi connectivity index (χ4v) is 1.62. The van der Waals surface area contributed by atoms with Gasteiger partial charge in [0, 0.05) is 36.1 Å². The van der Waals surface area contributed by atoms with Crippen molar-refractivity contribution in [3.63, 3.8) is 0 Å². The molecule has 68 valence electrons. The minimum atomic E-state index is 0.698. The third kappa shape index (κ3) is 2.43. The lowest BCUT2D eigenvalue weighted by Crippen LogP contribution is -2.05. The summed E-state index contributed by atoms with van der Waals surface area (Å²) < 4.78 is 2.71. The molecule has 0 amide bonds. The van der Waals surface area contributed by atoms with Crippen LogP contribution < -0.4 is 0 Å². The SMILES string of the molecule is CCC(C)Cc1nc(I)nn1C. The average Bonchev–Trinajstić information content (AvgIpc) is 2.30. The van der Waals surface area contributed by atoms with Crippen molar-refractivity contribution in [2.24, 2.45) is 13.0 Å². The lowest BCUT2D eigenvalue weighted by molar-refractivity contribution is 0.524. The maximum absolute atomic E-state index is 4.34. The van der Waals surface area contributed by atoms with Gasteiger partial charge in [0.15, 0.2) is 0 Å². The van der Waals surface area contributed by atoms with Crippen LogP contribution in [0.2, 0.25) is 0 Å². The number of rotatable bonds is 3. The first-order valence-electron chi connectivity index (χ1n) is 4.19. The quantitative estimate of drug-likeness (QED) is 0.792. The zero-order valence-corrected chi connectivity index (χ0v) is 9.87. The van der Waals surface area contributed by atoms with E-state index in [9.17, 15) is 0 Å². The standard InChI is InChI=1S/C8H14IN3/c1-4-6(2)5-7-10-8(9)11-12(7)3/h6H,4-5H2,1-3H3. The summed E-state index contributed by atoms with van der Waals surface area (Å²) in [5.41, 5.74) is 0. The lowest BCUT2D eigenvalue weighted by Gasteiger charge is -2.05. The number of hydrogen-bond donors (Lipinski definition) is 0. The molecule has 0 radical (unpaired) electrons. The maximum Gasteiger partial charge on any atom is 0.211 e. The van der Waals surface area contributed by atoms with Gasteiger partial charge in [-0.2, -0.15) is 0 Å². The van der Waals surface area contributed by atoms with Crippen molar-refractivity contribution in [2.45, 2.75) is 26.7 Å². The molecular formula is C8H14IN3. The largest absolute Gasteiger partial charge is 0.252 e. The van der Waals surface area contributed by atoms with Gasteiger partial charge in [-0.25, -0.2) is 4.98 Å². The molecule has 0 spiro atoms. The van der Waals surface area contributed by atoms with Gasteiger partial charge < -0.3 is 0 Å². The zero-order valence-electron chi connectivity index (χ0n) is 7.71. The van der Waals surface area contributed by atoms with E-state index in [1.165, 1.54) is 6.42 Å². The van der Waals surface area contributed by atoms with Gasteiger partial charge in [0.2, 0.25) is 3.83 Å². The molecule has 0 bridgehead atoms. The molecule has 1 atom stereocenters. The maximum atomic E-state index is 4.34. The van der Waals surface area contributed by atoms with E-state index in [4.69, 9.17) is 0 Å². The molecule has 1 rings (SSSR count). The van der Waals surface area contributed by atoms with Crippen LogP contribution in [0.15, 0.2) is 0 Å². The second-order valence-electron chi connectivity index (χ2n) is 3.14. The summed E-state index contributed by atoms with van der Waals surface area (Å²) in [6.45, 7) is 4.44. The number of halogens is 1. The van der Waals surface area contributed by atoms with Crippen LogP contribution >= 0.6 is 22.6 Å². The molecule has 4 heteroatoms. The Bertz CT molecular complexity index is 257. The van der Waals surface area contributed by atoms with Crippen LogP contribution in [0.4, 0.5) is 0 Å². The van der Waals surface area contributed by atoms with Crippen molar-refractivity contribution in [1.29, 1.82) is 0 Å². The van der Waals surface area contributed by atoms with Gasteiger partial charge in [-0.05, 0) is 5.92 Å². The monoisotopic (exact) mass is 279 g/mol. The smallest absolute Gasteiger partial charge is 0.211 e. The van der Waals surface area contributed by atoms with Crippen LogP contribution in [0.1, 0.15) is 26.1 Å². The van der Waals surface area contributed by atoms with E-state index in [2.05, 4.69) is 46.5 Å². The number of nitrogens with zero attached hydrogens (tertiary/aromatic N) is 3. The summed E-state index contributed by atoms with van der Waals surface area (Å²) in [6, 6.07) is 0. The molecule has 0 aliphatic carbocycles. The molecule has 3 nitrogen and oxygen atoms in total. The molecule has 0 saturated heterocycles. The summed E-state index contributed by atoms with van der Waals surface area (Å²) in [4.78, 5) is 4.34. The predicted octanol–water partition coefficient (Wildman–Crippen LogP) is 2.01. The van der Waals surface area contributed by atoms with Crippen molar-refractivity contribution in [3.05, 3.63) is 9.66 Å². The Labute approximate surface area is 86.7 Å². The summed E-state index contributed by atoms with van der Waals surface area (Å²) in [6.07, 6.45) is 2.23. The lowest BCUT2D eigenvalue weighted by atomic mass is 10.1. The first kappa shape index (κ1) is 9.95. The van der Waals surface area contributed by atoms with E-state index in [0.717, 1.165) is 16.1 Å². The first-order valence-corrected chi connectivity index (χ1v) is 5.26. The van der Waals surface area contributed by atoms with Crippen LogP contribution in [0.5, 0.6) is 0 Å². The second-order valence-corrected chi connectivity index (χ2v) is 4.10. The topological polar surface area (TPSA) is 30.7 Å². The average molecular weight is 279 g/mol. The van der Waals surface area contributed by atoms with Crippen LogP contribution in [0, 0.1) is 9.75 Å². The Morgan fingerprint density at radius 1 is 1.58 bits per heavy atom. The van der Waals surface area contributed by atoms with E-state index >= 15 is 0 Å². The Kier molecular flexibility index (Phi) is 3.49. The van der Waals surface area contributed by atoms with E-state index in [1.807, 2.05) is 11.7 Å². The van der Waals surface area contributed by atoms with Gasteiger partial charge in [-0.3, -0.25) is 4.68 Å². The highest BCUT2D eigenvalue weighted by Crippen LogP contribution is 2.09. The summed E-state index contributed by atoms with van der Waals surface area (Å²) >= 11 is 2.14. The third-order valence-corrected chi connectivity index (χ3v) is 2.51. The molecule has 0 N–H and O–H groups in total. The molecule has 12 heavy (non-hydrogen) atoms. The number of aryl methyl sites for hydroxylation is 1. The van der Waals surface area contributed by atoms with Crippen molar-refractivity contribution < 1.29 is 0 Å². The highest BCUT2D eigenvalue weighted by atomic mass is 127. The highest BCUT2D eigenvalue weighted by Gasteiger charge is 2.07. The predicted molar refractivity (Wildman–Crippen MR) is 56.9 cm³/mol. The van der Waals surface area contributed by atoms with Crippen molar-refractivity contribution in [1.82, 2.24) is 14.8 Å². The van der Waals surface area contributed by atoms with E-state index in [0.29, 0.717) is 5.92 Å². The van der Waals surface area contributed by atoms with Gasteiger partial charge in [0.1, 0.15) is 5.82 Å². The van der Waals surface area contributed by atoms with Crippen molar-refractivity contribution in [2.75, 3.05) is 0 Å². The minimum absolute atomic E-state index is 0.698.